The predicted molar refractivity (Wildman–Crippen MR) is 116 cm³/mol. The van der Waals surface area contributed by atoms with Crippen molar-refractivity contribution in [2.45, 2.75) is 32.2 Å². The molecule has 2 heterocycles. The Labute approximate surface area is 176 Å². The predicted octanol–water partition coefficient (Wildman–Crippen LogP) is 4.06. The van der Waals surface area contributed by atoms with Crippen molar-refractivity contribution in [2.75, 3.05) is 27.1 Å². The molecule has 1 amide bonds. The first kappa shape index (κ1) is 20.3. The molecule has 6 nitrogen and oxygen atoms in total. The fourth-order valence-electron chi connectivity index (χ4n) is 4.05. The molecule has 0 unspecified atom stereocenters. The van der Waals surface area contributed by atoms with Crippen molar-refractivity contribution in [2.24, 2.45) is 0 Å². The van der Waals surface area contributed by atoms with Crippen LogP contribution in [-0.2, 0) is 16.1 Å². The molecule has 6 heteroatoms. The molecule has 0 aliphatic carbocycles. The van der Waals surface area contributed by atoms with E-state index in [4.69, 9.17) is 14.2 Å². The van der Waals surface area contributed by atoms with E-state index in [0.29, 0.717) is 19.6 Å². The van der Waals surface area contributed by atoms with Crippen LogP contribution in [0, 0.1) is 0 Å². The van der Waals surface area contributed by atoms with Gasteiger partial charge in [-0.05, 0) is 42.7 Å². The number of aromatic nitrogens is 1. The van der Waals surface area contributed by atoms with Gasteiger partial charge in [0.2, 0.25) is 12.7 Å². The second-order valence-corrected chi connectivity index (χ2v) is 7.45. The second-order valence-electron chi connectivity index (χ2n) is 7.45. The van der Waals surface area contributed by atoms with Crippen LogP contribution in [0.25, 0.3) is 10.9 Å². The minimum Gasteiger partial charge on any atom is -0.454 e. The molecular weight excluding hydrogens is 380 g/mol. The molecule has 0 spiro atoms. The van der Waals surface area contributed by atoms with E-state index >= 15 is 0 Å². The summed E-state index contributed by atoms with van der Waals surface area (Å²) in [6.07, 6.45) is 3.34. The number of rotatable bonds is 9. The number of carbonyl (C=O) groups excluding carboxylic acids is 1. The molecule has 0 bridgehead atoms. The number of carbonyl (C=O) groups is 1. The van der Waals surface area contributed by atoms with Gasteiger partial charge in [-0.3, -0.25) is 4.79 Å². The highest BCUT2D eigenvalue weighted by molar-refractivity contribution is 5.86. The van der Waals surface area contributed by atoms with Gasteiger partial charge in [-0.25, -0.2) is 0 Å². The first-order valence-electron chi connectivity index (χ1n) is 10.4. The number of methoxy groups -OCH3 is 1. The highest BCUT2D eigenvalue weighted by Crippen LogP contribution is 2.40. The summed E-state index contributed by atoms with van der Waals surface area (Å²) in [7, 11) is 1.67. The molecule has 158 valence electrons. The molecule has 1 aliphatic heterocycles. The number of nitrogens with zero attached hydrogens (tertiary/aromatic N) is 1. The lowest BCUT2D eigenvalue weighted by atomic mass is 9.87. The number of nitrogens with one attached hydrogen (secondary N) is 1. The third kappa shape index (κ3) is 4.14. The lowest BCUT2D eigenvalue weighted by molar-refractivity contribution is -0.121. The van der Waals surface area contributed by atoms with Crippen LogP contribution in [0.2, 0.25) is 0 Å². The number of fused-ring (bicyclic) bond motifs is 2. The minimum absolute atomic E-state index is 0.0297. The maximum atomic E-state index is 12.8. The van der Waals surface area contributed by atoms with Crippen LogP contribution in [-0.4, -0.2) is 37.5 Å². The normalized spacial score (nSPS) is 13.5. The zero-order chi connectivity index (χ0) is 20.9. The van der Waals surface area contributed by atoms with Gasteiger partial charge in [-0.2, -0.15) is 0 Å². The molecule has 0 saturated heterocycles. The van der Waals surface area contributed by atoms with Crippen molar-refractivity contribution in [3.05, 3.63) is 59.8 Å². The molecule has 0 fully saturated rings. The van der Waals surface area contributed by atoms with Crippen molar-refractivity contribution >= 4 is 16.8 Å². The molecule has 0 radical (unpaired) electrons. The van der Waals surface area contributed by atoms with Crippen molar-refractivity contribution in [1.82, 2.24) is 9.88 Å². The number of amides is 1. The van der Waals surface area contributed by atoms with Gasteiger partial charge in [-0.1, -0.05) is 24.3 Å². The summed E-state index contributed by atoms with van der Waals surface area (Å²) < 4.78 is 18.4. The Hall–Kier alpha value is -2.99. The number of ether oxygens (including phenoxy) is 3. The Morgan fingerprint density at radius 2 is 2.03 bits per heavy atom. The van der Waals surface area contributed by atoms with Crippen LogP contribution in [0.3, 0.4) is 0 Å². The Kier molecular flexibility index (Phi) is 6.23. The number of hydrogen-bond donors (Lipinski definition) is 1. The average Bonchev–Trinajstić information content (AvgIpc) is 3.39. The minimum atomic E-state index is -0.0837. The largest absolute Gasteiger partial charge is 0.454 e. The fraction of sp³-hybridized carbons (Fsp3) is 0.375. The van der Waals surface area contributed by atoms with Gasteiger partial charge in [0, 0.05) is 56.2 Å². The van der Waals surface area contributed by atoms with Crippen LogP contribution in [0.4, 0.5) is 0 Å². The number of para-hydroxylation sites is 1. The summed E-state index contributed by atoms with van der Waals surface area (Å²) in [5, 5.41) is 4.20. The van der Waals surface area contributed by atoms with Gasteiger partial charge in [0.05, 0.1) is 0 Å². The zero-order valence-electron chi connectivity index (χ0n) is 17.5. The van der Waals surface area contributed by atoms with Crippen LogP contribution in [0.5, 0.6) is 11.5 Å². The standard InChI is InChI=1S/C24H28N2O4/c1-3-26-15-20(18-7-4-5-8-21(18)26)19(14-24(27)25-11-6-12-28-2)17-9-10-22-23(13-17)30-16-29-22/h4-5,7-10,13,15,19H,3,6,11-12,14,16H2,1-2H3,(H,25,27)/t19-/m1/s1. The SMILES string of the molecule is CCn1cc([C@H](CC(=O)NCCCOC)c2ccc3c(c2)OCO3)c2ccccc21. The van der Waals surface area contributed by atoms with Gasteiger partial charge >= 0.3 is 0 Å². The van der Waals surface area contributed by atoms with Crippen LogP contribution in [0.15, 0.2) is 48.7 Å². The number of benzene rings is 2. The molecule has 3 aromatic rings. The highest BCUT2D eigenvalue weighted by Gasteiger charge is 2.25. The van der Waals surface area contributed by atoms with E-state index in [1.807, 2.05) is 24.3 Å². The van der Waals surface area contributed by atoms with E-state index in [0.717, 1.165) is 35.6 Å². The maximum absolute atomic E-state index is 12.8. The summed E-state index contributed by atoms with van der Waals surface area (Å²) in [4.78, 5) is 12.8. The topological polar surface area (TPSA) is 61.7 Å². The molecule has 4 rings (SSSR count). The van der Waals surface area contributed by atoms with Gasteiger partial charge in [0.25, 0.3) is 0 Å². The molecule has 2 aromatic carbocycles. The lowest BCUT2D eigenvalue weighted by Gasteiger charge is -2.18. The molecule has 1 atom stereocenters. The summed E-state index contributed by atoms with van der Waals surface area (Å²) in [6, 6.07) is 14.3. The Morgan fingerprint density at radius 1 is 1.20 bits per heavy atom. The molecule has 1 aliphatic rings. The monoisotopic (exact) mass is 408 g/mol. The third-order valence-corrected chi connectivity index (χ3v) is 5.57. The van der Waals surface area contributed by atoms with Crippen molar-refractivity contribution in [3.8, 4) is 11.5 Å². The van der Waals surface area contributed by atoms with Gasteiger partial charge < -0.3 is 24.1 Å². The van der Waals surface area contributed by atoms with Crippen LogP contribution < -0.4 is 14.8 Å². The molecule has 30 heavy (non-hydrogen) atoms. The fourth-order valence-corrected chi connectivity index (χ4v) is 4.05. The summed E-state index contributed by atoms with van der Waals surface area (Å²) in [5.74, 6) is 1.43. The van der Waals surface area contributed by atoms with E-state index in [1.54, 1.807) is 7.11 Å². The summed E-state index contributed by atoms with van der Waals surface area (Å²) in [6.45, 7) is 4.48. The van der Waals surface area contributed by atoms with Crippen LogP contribution >= 0.6 is 0 Å². The van der Waals surface area contributed by atoms with E-state index in [2.05, 4.69) is 41.2 Å². The maximum Gasteiger partial charge on any atom is 0.231 e. The van der Waals surface area contributed by atoms with Crippen molar-refractivity contribution in [3.63, 3.8) is 0 Å². The molecule has 0 saturated carbocycles. The van der Waals surface area contributed by atoms with Gasteiger partial charge in [-0.15, -0.1) is 0 Å². The van der Waals surface area contributed by atoms with Gasteiger partial charge in [0.15, 0.2) is 11.5 Å². The smallest absolute Gasteiger partial charge is 0.231 e. The quantitative estimate of drug-likeness (QED) is 0.543. The lowest BCUT2D eigenvalue weighted by Crippen LogP contribution is -2.27. The van der Waals surface area contributed by atoms with Crippen LogP contribution in [0.1, 0.15) is 36.8 Å². The highest BCUT2D eigenvalue weighted by atomic mass is 16.7. The summed E-state index contributed by atoms with van der Waals surface area (Å²) in [5.41, 5.74) is 3.38. The number of hydrogen-bond acceptors (Lipinski definition) is 4. The van der Waals surface area contributed by atoms with E-state index < -0.39 is 0 Å². The van der Waals surface area contributed by atoms with Crippen molar-refractivity contribution in [1.29, 1.82) is 0 Å². The number of aryl methyl sites for hydroxylation is 1. The molecule has 1 N–H and O–H groups in total. The Balaban J connectivity index is 1.68. The Bertz CT molecular complexity index is 1030. The first-order chi connectivity index (χ1) is 14.7. The van der Waals surface area contributed by atoms with E-state index in [9.17, 15) is 4.79 Å². The molecular formula is C24H28N2O4. The van der Waals surface area contributed by atoms with E-state index in [1.165, 1.54) is 10.9 Å². The van der Waals surface area contributed by atoms with E-state index in [-0.39, 0.29) is 18.6 Å². The zero-order valence-corrected chi connectivity index (χ0v) is 17.5. The third-order valence-electron chi connectivity index (χ3n) is 5.57. The Morgan fingerprint density at radius 3 is 2.87 bits per heavy atom. The first-order valence-corrected chi connectivity index (χ1v) is 10.4. The van der Waals surface area contributed by atoms with Gasteiger partial charge in [0.1, 0.15) is 0 Å². The van der Waals surface area contributed by atoms with Crippen molar-refractivity contribution < 1.29 is 19.0 Å². The second kappa shape index (κ2) is 9.22. The summed E-state index contributed by atoms with van der Waals surface area (Å²) >= 11 is 0. The molecule has 1 aromatic heterocycles. The average molecular weight is 408 g/mol.